The number of benzene rings is 3. The molecule has 3 aromatic carbocycles. The van der Waals surface area contributed by atoms with Gasteiger partial charge in [-0.25, -0.2) is 0 Å². The highest BCUT2D eigenvalue weighted by molar-refractivity contribution is 6.04. The van der Waals surface area contributed by atoms with E-state index in [0.29, 0.717) is 71.6 Å². The molecule has 4 aliphatic rings. The number of hydrogen-bond acceptors (Lipinski definition) is 9. The van der Waals surface area contributed by atoms with E-state index in [0.717, 1.165) is 18.4 Å². The second-order valence-electron chi connectivity index (χ2n) is 11.9. The Labute approximate surface area is 272 Å². The van der Waals surface area contributed by atoms with E-state index in [9.17, 15) is 14.4 Å². The fourth-order valence-electron chi connectivity index (χ4n) is 6.53. The summed E-state index contributed by atoms with van der Waals surface area (Å²) in [6.45, 7) is 1.07. The number of carbonyl (C=O) groups is 3. The number of hydrogen-bond donors (Lipinski definition) is 1. The summed E-state index contributed by atoms with van der Waals surface area (Å²) in [7, 11) is 3.02. The van der Waals surface area contributed by atoms with Crippen LogP contribution in [-0.4, -0.2) is 92.0 Å². The van der Waals surface area contributed by atoms with E-state index < -0.39 is 0 Å². The zero-order chi connectivity index (χ0) is 32.5. The molecule has 7 rings (SSSR count). The predicted octanol–water partition coefficient (Wildman–Crippen LogP) is 4.10. The van der Waals surface area contributed by atoms with Crippen molar-refractivity contribution in [2.45, 2.75) is 44.0 Å². The molecule has 0 aliphatic carbocycles. The Morgan fingerprint density at radius 2 is 1.47 bits per heavy atom. The highest BCUT2D eigenvalue weighted by Gasteiger charge is 2.38. The van der Waals surface area contributed by atoms with Crippen LogP contribution in [0.4, 0.5) is 11.4 Å². The van der Waals surface area contributed by atoms with Crippen LogP contribution in [0.3, 0.4) is 0 Å². The molecule has 0 saturated carbocycles. The minimum Gasteiger partial charge on any atom is -0.493 e. The van der Waals surface area contributed by atoms with Gasteiger partial charge < -0.3 is 34.1 Å². The van der Waals surface area contributed by atoms with E-state index in [-0.39, 0.29) is 42.5 Å². The number of carbonyl (C=O) groups excluding carboxylic acids is 3. The van der Waals surface area contributed by atoms with Crippen LogP contribution in [0.15, 0.2) is 64.6 Å². The van der Waals surface area contributed by atoms with Crippen molar-refractivity contribution in [1.82, 2.24) is 15.1 Å². The number of fused-ring (bicyclic) bond motifs is 4. The number of nitrogens with one attached hydrogen (secondary N) is 1. The maximum Gasteiger partial charge on any atom is 0.258 e. The van der Waals surface area contributed by atoms with Gasteiger partial charge in [-0.2, -0.15) is 0 Å². The van der Waals surface area contributed by atoms with E-state index in [1.54, 1.807) is 41.6 Å². The summed E-state index contributed by atoms with van der Waals surface area (Å²) in [5, 5.41) is 2.98. The monoisotopic (exact) mass is 637 g/mol. The van der Waals surface area contributed by atoms with Gasteiger partial charge in [-0.3, -0.25) is 24.4 Å². The second kappa shape index (κ2) is 12.8. The third-order valence-electron chi connectivity index (χ3n) is 8.92. The molecule has 12 nitrogen and oxygen atoms in total. The highest BCUT2D eigenvalue weighted by atomic mass is 16.5. The van der Waals surface area contributed by atoms with Crippen LogP contribution in [0.25, 0.3) is 0 Å². The average molecular weight is 638 g/mol. The van der Waals surface area contributed by atoms with E-state index in [1.165, 1.54) is 14.2 Å². The van der Waals surface area contributed by atoms with E-state index in [2.05, 4.69) is 15.3 Å². The maximum absolute atomic E-state index is 13.7. The molecule has 4 heterocycles. The Balaban J connectivity index is 0.995. The molecule has 3 aromatic rings. The predicted molar refractivity (Wildman–Crippen MR) is 174 cm³/mol. The number of rotatable bonds is 9. The number of amides is 3. The topological polar surface area (TPSA) is 131 Å². The van der Waals surface area contributed by atoms with Gasteiger partial charge in [-0.1, -0.05) is 30.3 Å². The van der Waals surface area contributed by atoms with Crippen molar-refractivity contribution in [1.29, 1.82) is 0 Å². The van der Waals surface area contributed by atoms with Gasteiger partial charge in [0.15, 0.2) is 29.6 Å². The fourth-order valence-corrected chi connectivity index (χ4v) is 6.53. The van der Waals surface area contributed by atoms with Crippen molar-refractivity contribution < 1.29 is 33.3 Å². The molecule has 4 aliphatic heterocycles. The molecule has 1 N–H and O–H groups in total. The van der Waals surface area contributed by atoms with E-state index in [4.69, 9.17) is 18.9 Å². The van der Waals surface area contributed by atoms with Gasteiger partial charge in [-0.05, 0) is 37.0 Å². The third kappa shape index (κ3) is 5.98. The molecule has 0 bridgehead atoms. The normalized spacial score (nSPS) is 20.9. The van der Waals surface area contributed by atoms with Crippen molar-refractivity contribution >= 4 is 41.5 Å². The van der Waals surface area contributed by atoms with Gasteiger partial charge in [0, 0.05) is 43.7 Å². The standard InChI is InChI=1S/C35H35N5O7/c1-44-29-13-26-28(14-31(29)46-19-21-7-4-3-5-8-21)37-17-24-11-22(18-40(24)35(26)43)38-33(41)20-47-32-15-27-25(12-30(32)45-2)34(42)39-10-6-9-23(39)16-36-27/h3-5,7-8,12-17,22-24H,6,9-11,18-20H2,1-2H3,(H,38,41)/t22?,23-,24-/m0/s1. The highest BCUT2D eigenvalue weighted by Crippen LogP contribution is 2.40. The quantitative estimate of drug-likeness (QED) is 0.374. The lowest BCUT2D eigenvalue weighted by Gasteiger charge is -2.21. The van der Waals surface area contributed by atoms with Crippen molar-refractivity contribution in [3.63, 3.8) is 0 Å². The first kappa shape index (κ1) is 30.3. The van der Waals surface area contributed by atoms with Crippen LogP contribution in [0.2, 0.25) is 0 Å². The molecule has 0 aromatic heterocycles. The largest absolute Gasteiger partial charge is 0.493 e. The summed E-state index contributed by atoms with van der Waals surface area (Å²) in [6.07, 6.45) is 5.87. The molecular formula is C35H35N5O7. The maximum atomic E-state index is 13.7. The van der Waals surface area contributed by atoms with Gasteiger partial charge in [0.1, 0.15) is 6.61 Å². The number of nitrogens with zero attached hydrogens (tertiary/aromatic N) is 4. The summed E-state index contributed by atoms with van der Waals surface area (Å²) in [6, 6.07) is 15.8. The Morgan fingerprint density at radius 3 is 2.15 bits per heavy atom. The van der Waals surface area contributed by atoms with Crippen LogP contribution in [-0.2, 0) is 11.4 Å². The molecule has 3 atom stereocenters. The lowest BCUT2D eigenvalue weighted by molar-refractivity contribution is -0.123. The van der Waals surface area contributed by atoms with E-state index in [1.807, 2.05) is 35.2 Å². The molecule has 3 amide bonds. The van der Waals surface area contributed by atoms with Crippen molar-refractivity contribution in [3.8, 4) is 23.0 Å². The first-order chi connectivity index (χ1) is 22.9. The Morgan fingerprint density at radius 1 is 0.830 bits per heavy atom. The average Bonchev–Trinajstić information content (AvgIpc) is 3.68. The molecule has 1 unspecified atom stereocenters. The van der Waals surface area contributed by atoms with Gasteiger partial charge in [0.25, 0.3) is 17.7 Å². The molecule has 0 radical (unpaired) electrons. The minimum absolute atomic E-state index is 0.0185. The van der Waals surface area contributed by atoms with Crippen LogP contribution in [0, 0.1) is 0 Å². The number of methoxy groups -OCH3 is 2. The first-order valence-corrected chi connectivity index (χ1v) is 15.6. The summed E-state index contributed by atoms with van der Waals surface area (Å²) in [4.78, 5) is 52.5. The summed E-state index contributed by atoms with van der Waals surface area (Å²) in [5.74, 6) is 0.950. The summed E-state index contributed by atoms with van der Waals surface area (Å²) < 4.78 is 22.9. The van der Waals surface area contributed by atoms with Gasteiger partial charge in [0.2, 0.25) is 0 Å². The SMILES string of the molecule is COc1cc2c(cc1OCC(=O)NC1C[C@H]3C=Nc4cc(OCc5ccccc5)c(OC)cc4C(=O)N3C1)N=C[C@@H]1CCCN1C2=O. The van der Waals surface area contributed by atoms with E-state index >= 15 is 0 Å². The van der Waals surface area contributed by atoms with Gasteiger partial charge >= 0.3 is 0 Å². The second-order valence-corrected chi connectivity index (χ2v) is 11.9. The summed E-state index contributed by atoms with van der Waals surface area (Å²) in [5.41, 5.74) is 2.84. The molecule has 47 heavy (non-hydrogen) atoms. The zero-order valence-corrected chi connectivity index (χ0v) is 26.2. The van der Waals surface area contributed by atoms with Crippen LogP contribution in [0.5, 0.6) is 23.0 Å². The number of ether oxygens (including phenoxy) is 4. The van der Waals surface area contributed by atoms with Crippen molar-refractivity contribution in [2.24, 2.45) is 9.98 Å². The van der Waals surface area contributed by atoms with Crippen LogP contribution < -0.4 is 24.3 Å². The van der Waals surface area contributed by atoms with Crippen LogP contribution >= 0.6 is 0 Å². The first-order valence-electron chi connectivity index (χ1n) is 15.6. The molecule has 0 spiro atoms. The Hall–Kier alpha value is -5.39. The number of aliphatic imine (C=N–C) groups is 2. The lowest BCUT2D eigenvalue weighted by Crippen LogP contribution is -2.41. The lowest BCUT2D eigenvalue weighted by atomic mass is 10.1. The third-order valence-corrected chi connectivity index (χ3v) is 8.92. The smallest absolute Gasteiger partial charge is 0.258 e. The zero-order valence-electron chi connectivity index (χ0n) is 26.2. The van der Waals surface area contributed by atoms with Gasteiger partial charge in [-0.15, -0.1) is 0 Å². The minimum atomic E-state index is -0.350. The fraction of sp³-hybridized carbons (Fsp3) is 0.343. The molecular weight excluding hydrogens is 602 g/mol. The summed E-state index contributed by atoms with van der Waals surface area (Å²) >= 11 is 0. The molecule has 2 fully saturated rings. The van der Waals surface area contributed by atoms with Gasteiger partial charge in [0.05, 0.1) is 48.8 Å². The van der Waals surface area contributed by atoms with Crippen LogP contribution in [0.1, 0.15) is 45.5 Å². The molecule has 2 saturated heterocycles. The Kier molecular flexibility index (Phi) is 8.23. The Bertz CT molecular complexity index is 1780. The molecule has 242 valence electrons. The van der Waals surface area contributed by atoms with Crippen molar-refractivity contribution in [3.05, 3.63) is 71.3 Å². The molecule has 12 heteroatoms. The van der Waals surface area contributed by atoms with Crippen molar-refractivity contribution in [2.75, 3.05) is 33.9 Å².